The maximum absolute atomic E-state index is 10.2. The van der Waals surface area contributed by atoms with Crippen molar-refractivity contribution in [3.63, 3.8) is 0 Å². The summed E-state index contributed by atoms with van der Waals surface area (Å²) in [5, 5.41) is 57.0. The fraction of sp³-hybridized carbons (Fsp3) is 0. The Bertz CT molecular complexity index is 1430. The Morgan fingerprint density at radius 3 is 0.884 bits per heavy atom. The average molecular weight is 777 g/mol. The molecule has 43 heavy (non-hydrogen) atoms. The minimum absolute atomic E-state index is 0. The van der Waals surface area contributed by atoms with Crippen molar-refractivity contribution in [3.8, 4) is 28.6 Å². The molecular weight excluding hydrogens is 753 g/mol. The van der Waals surface area contributed by atoms with Crippen molar-refractivity contribution in [1.82, 2.24) is 9.97 Å². The van der Waals surface area contributed by atoms with Gasteiger partial charge in [0, 0.05) is 29.1 Å². The van der Waals surface area contributed by atoms with Crippen LogP contribution in [0.3, 0.4) is 0 Å². The van der Waals surface area contributed by atoms with Crippen LogP contribution in [0.15, 0.2) is 122 Å². The molecule has 3 N–H and O–H groups in total. The average Bonchev–Trinajstić information content (AvgIpc) is 2.99. The van der Waals surface area contributed by atoms with Crippen LogP contribution in [0, 0.1) is 0 Å². The number of aromatic carboxylic acids is 3. The van der Waals surface area contributed by atoms with Crippen molar-refractivity contribution in [3.05, 3.63) is 138 Å². The second kappa shape index (κ2) is 18.9. The molecule has 0 aliphatic heterocycles. The van der Waals surface area contributed by atoms with Gasteiger partial charge in [-0.25, -0.2) is 0 Å². The number of benzene rings is 3. The largest absolute Gasteiger partial charge is 3.00 e. The number of pyridine rings is 2. The summed E-state index contributed by atoms with van der Waals surface area (Å²) in [6.07, 6.45) is 3.54. The molecule has 0 aliphatic carbocycles. The quantitative estimate of drug-likeness (QED) is 0.220. The number of hydrogen-bond donors (Lipinski definition) is 3. The Morgan fingerprint density at radius 2 is 0.698 bits per heavy atom. The van der Waals surface area contributed by atoms with E-state index >= 15 is 0 Å². The van der Waals surface area contributed by atoms with Gasteiger partial charge in [-0.2, -0.15) is 0 Å². The van der Waals surface area contributed by atoms with Gasteiger partial charge in [-0.3, -0.25) is 9.97 Å². The Balaban J connectivity index is 0.000000286. The van der Waals surface area contributed by atoms with Crippen LogP contribution in [0.4, 0.5) is 0 Å². The molecule has 216 valence electrons. The molecule has 0 aliphatic rings. The molecule has 12 heteroatoms. The predicted molar refractivity (Wildman–Crippen MR) is 151 cm³/mol. The van der Waals surface area contributed by atoms with Crippen molar-refractivity contribution in [1.29, 1.82) is 0 Å². The number of rotatable bonds is 4. The standard InChI is InChI=1S/C10H8N2.3C7H6O3.Bi/c1-3-7-11-9(5-1)10-6-2-4-8-12-10;3*8-6-4-2-1-3-5(6)7(9)10;/h1-8H;3*1-4,8H,(H,9,10);/q;;;;+3/p-3. The van der Waals surface area contributed by atoms with Gasteiger partial charge in [-0.1, -0.05) is 48.5 Å². The number of phenols is 3. The van der Waals surface area contributed by atoms with E-state index in [1.165, 1.54) is 54.6 Å². The molecule has 2 radical (unpaired) electrons. The maximum Gasteiger partial charge on any atom is 3.00 e. The van der Waals surface area contributed by atoms with E-state index in [2.05, 4.69) is 9.97 Å². The summed E-state index contributed by atoms with van der Waals surface area (Å²) >= 11 is 0. The number of carbonyl (C=O) groups is 3. The van der Waals surface area contributed by atoms with Gasteiger partial charge in [-0.05, 0) is 60.7 Å². The van der Waals surface area contributed by atoms with Gasteiger partial charge in [0.2, 0.25) is 0 Å². The van der Waals surface area contributed by atoms with Crippen LogP contribution in [-0.4, -0.2) is 69.4 Å². The van der Waals surface area contributed by atoms with Crippen molar-refractivity contribution in [2.45, 2.75) is 0 Å². The van der Waals surface area contributed by atoms with Gasteiger partial charge in [0.1, 0.15) is 17.2 Å². The van der Waals surface area contributed by atoms with Crippen LogP contribution in [0.2, 0.25) is 0 Å². The first-order valence-electron chi connectivity index (χ1n) is 11.9. The van der Waals surface area contributed by atoms with Crippen molar-refractivity contribution >= 4 is 44.1 Å². The Morgan fingerprint density at radius 1 is 0.442 bits per heavy atom. The summed E-state index contributed by atoms with van der Waals surface area (Å²) in [6, 6.07) is 28.5. The normalized spacial score (nSPS) is 9.12. The van der Waals surface area contributed by atoms with Crippen LogP contribution < -0.4 is 15.3 Å². The summed E-state index contributed by atoms with van der Waals surface area (Å²) in [5.74, 6) is -4.87. The molecule has 5 aromatic rings. The molecule has 2 aromatic heterocycles. The summed E-state index contributed by atoms with van der Waals surface area (Å²) in [7, 11) is 0. The number of carboxylic acids is 3. The molecule has 0 amide bonds. The first-order chi connectivity index (χ1) is 20.1. The molecule has 2 heterocycles. The van der Waals surface area contributed by atoms with Gasteiger partial charge in [-0.15, -0.1) is 0 Å². The summed E-state index contributed by atoms with van der Waals surface area (Å²) in [4.78, 5) is 38.8. The maximum atomic E-state index is 10.2. The van der Waals surface area contributed by atoms with E-state index < -0.39 is 17.9 Å². The molecule has 0 saturated carbocycles. The van der Waals surface area contributed by atoms with Gasteiger partial charge in [0.25, 0.3) is 0 Å². The number of nitrogens with zero attached hydrogens (tertiary/aromatic N) is 2. The second-order valence-electron chi connectivity index (χ2n) is 7.84. The molecule has 0 bridgehead atoms. The molecule has 0 spiro atoms. The predicted octanol–water partition coefficient (Wildman–Crippen LogP) is 1.03. The van der Waals surface area contributed by atoms with Gasteiger partial charge >= 0.3 is 26.2 Å². The van der Waals surface area contributed by atoms with Crippen LogP contribution in [0.1, 0.15) is 31.1 Å². The number of para-hydroxylation sites is 3. The fourth-order valence-corrected chi connectivity index (χ4v) is 2.97. The Hall–Kier alpha value is -5.35. The number of hydrogen-bond acceptors (Lipinski definition) is 11. The van der Waals surface area contributed by atoms with E-state index in [0.29, 0.717) is 0 Å². The smallest absolute Gasteiger partial charge is 0.545 e. The van der Waals surface area contributed by atoms with Gasteiger partial charge in [0.15, 0.2) is 0 Å². The van der Waals surface area contributed by atoms with Crippen LogP contribution >= 0.6 is 0 Å². The fourth-order valence-electron chi connectivity index (χ4n) is 2.97. The molecule has 0 atom stereocenters. The number of aromatic nitrogens is 2. The van der Waals surface area contributed by atoms with E-state index in [1.54, 1.807) is 30.6 Å². The van der Waals surface area contributed by atoms with E-state index in [0.717, 1.165) is 11.4 Å². The van der Waals surface area contributed by atoms with Gasteiger partial charge in [0.05, 0.1) is 29.3 Å². The van der Waals surface area contributed by atoms with E-state index in [4.69, 9.17) is 15.3 Å². The number of carboxylic acid groups (broad SMARTS) is 3. The Labute approximate surface area is 265 Å². The summed E-state index contributed by atoms with van der Waals surface area (Å²) < 4.78 is 0. The third-order valence-corrected chi connectivity index (χ3v) is 4.96. The van der Waals surface area contributed by atoms with Crippen LogP contribution in [0.25, 0.3) is 11.4 Å². The minimum Gasteiger partial charge on any atom is -0.545 e. The minimum atomic E-state index is -1.36. The van der Waals surface area contributed by atoms with Crippen LogP contribution in [0.5, 0.6) is 17.2 Å². The summed E-state index contributed by atoms with van der Waals surface area (Å²) in [5.41, 5.74) is 1.30. The zero-order valence-corrected chi connectivity index (χ0v) is 25.7. The van der Waals surface area contributed by atoms with Crippen molar-refractivity contribution < 1.29 is 45.0 Å². The molecular formula is C31H23BiN2O9. The number of aromatic hydroxyl groups is 3. The zero-order chi connectivity index (χ0) is 30.9. The molecule has 11 nitrogen and oxygen atoms in total. The molecule has 5 rings (SSSR count). The monoisotopic (exact) mass is 776 g/mol. The van der Waals surface area contributed by atoms with E-state index in [1.807, 2.05) is 36.4 Å². The SMILES string of the molecule is O=C([O-])c1ccccc1O.O=C([O-])c1ccccc1O.O=C([O-])c1ccccc1O.[Bi+3].c1ccc(-c2ccccn2)nc1. The third-order valence-electron chi connectivity index (χ3n) is 4.96. The zero-order valence-electron chi connectivity index (χ0n) is 22.2. The van der Waals surface area contributed by atoms with Gasteiger partial charge < -0.3 is 45.0 Å². The molecule has 0 saturated heterocycles. The van der Waals surface area contributed by atoms with E-state index in [-0.39, 0.29) is 60.1 Å². The molecule has 0 fully saturated rings. The first kappa shape index (κ1) is 35.7. The Kier molecular flexibility index (Phi) is 15.7. The second-order valence-corrected chi connectivity index (χ2v) is 7.84. The third kappa shape index (κ3) is 12.4. The number of carbonyl (C=O) groups excluding carboxylic acids is 3. The first-order valence-corrected chi connectivity index (χ1v) is 11.9. The molecule has 3 aromatic carbocycles. The van der Waals surface area contributed by atoms with Crippen LogP contribution in [-0.2, 0) is 0 Å². The topological polar surface area (TPSA) is 207 Å². The molecule has 0 unspecified atom stereocenters. The van der Waals surface area contributed by atoms with Crippen molar-refractivity contribution in [2.75, 3.05) is 0 Å². The van der Waals surface area contributed by atoms with E-state index in [9.17, 15) is 29.7 Å². The summed E-state index contributed by atoms with van der Waals surface area (Å²) in [6.45, 7) is 0. The van der Waals surface area contributed by atoms with Crippen molar-refractivity contribution in [2.24, 2.45) is 0 Å².